The lowest BCUT2D eigenvalue weighted by molar-refractivity contribution is 0.121. The van der Waals surface area contributed by atoms with Gasteiger partial charge in [0.1, 0.15) is 5.25 Å². The summed E-state index contributed by atoms with van der Waals surface area (Å²) in [6.07, 6.45) is 6.59. The van der Waals surface area contributed by atoms with Crippen molar-refractivity contribution in [1.82, 2.24) is 10.2 Å². The number of sulfonamides is 1. The van der Waals surface area contributed by atoms with Crippen molar-refractivity contribution < 1.29 is 13.2 Å². The van der Waals surface area contributed by atoms with Crippen molar-refractivity contribution in [3.8, 4) is 0 Å². The van der Waals surface area contributed by atoms with Crippen molar-refractivity contribution in [2.45, 2.75) is 43.9 Å². The largest absolute Gasteiger partial charge is 0.383 e. The van der Waals surface area contributed by atoms with Gasteiger partial charge < -0.3 is 10.1 Å². The highest BCUT2D eigenvalue weighted by Gasteiger charge is 2.27. The fraction of sp³-hybridized carbons (Fsp3) is 0.882. The summed E-state index contributed by atoms with van der Waals surface area (Å²) in [5, 5.41) is 7.85. The lowest BCUT2D eigenvalue weighted by atomic mass is 10.0. The van der Waals surface area contributed by atoms with Gasteiger partial charge in [-0.25, -0.2) is 13.6 Å². The van der Waals surface area contributed by atoms with Crippen molar-refractivity contribution in [3.63, 3.8) is 0 Å². The van der Waals surface area contributed by atoms with Gasteiger partial charge in [-0.1, -0.05) is 42.0 Å². The molecule has 0 aliphatic carbocycles. The zero-order chi connectivity index (χ0) is 19.3. The van der Waals surface area contributed by atoms with Crippen LogP contribution in [0.4, 0.5) is 0 Å². The van der Waals surface area contributed by atoms with Crippen LogP contribution in [0.5, 0.6) is 0 Å². The smallest absolute Gasteiger partial charge is 0.214 e. The summed E-state index contributed by atoms with van der Waals surface area (Å²) in [6, 6.07) is 0.877. The first-order valence-electron chi connectivity index (χ1n) is 8.84. The predicted molar refractivity (Wildman–Crippen MR) is 115 cm³/mol. The van der Waals surface area contributed by atoms with Crippen molar-refractivity contribution in [1.29, 1.82) is 0 Å². The summed E-state index contributed by atoms with van der Waals surface area (Å²) in [7, 11) is -2.06. The standard InChI is InChI=1S/C8H16N2.C8H17NO3S.CH3I/c1-2-5-10-6-4-9-7-8(10)3-1;1-4-5-7(2)8(6-12-3)13(9,10)11;1-2/h8-9H,1-7H2;4,7-8H,1,5-6H2,2-3H3,(H2,9,10,11);1H3/t8-;7-,8+;/m10./s1. The van der Waals surface area contributed by atoms with Crippen molar-refractivity contribution in [3.05, 3.63) is 12.7 Å². The van der Waals surface area contributed by atoms with Crippen LogP contribution < -0.4 is 10.5 Å². The first-order valence-corrected chi connectivity index (χ1v) is 12.6. The number of allylic oxidation sites excluding steroid dienone is 1. The van der Waals surface area contributed by atoms with Gasteiger partial charge in [-0.2, -0.15) is 0 Å². The van der Waals surface area contributed by atoms with Crippen LogP contribution in [0.25, 0.3) is 0 Å². The molecular formula is C17H36IN3O3S. The number of alkyl halides is 1. The molecule has 150 valence electrons. The molecule has 0 aromatic heterocycles. The Kier molecular flexibility index (Phi) is 14.5. The Morgan fingerprint density at radius 2 is 2.08 bits per heavy atom. The highest BCUT2D eigenvalue weighted by Crippen LogP contribution is 2.17. The van der Waals surface area contributed by atoms with Gasteiger partial charge in [0.05, 0.1) is 6.61 Å². The van der Waals surface area contributed by atoms with Crippen molar-refractivity contribution in [2.24, 2.45) is 11.1 Å². The van der Waals surface area contributed by atoms with Crippen molar-refractivity contribution >= 4 is 32.6 Å². The molecule has 25 heavy (non-hydrogen) atoms. The highest BCUT2D eigenvalue weighted by molar-refractivity contribution is 14.1. The van der Waals surface area contributed by atoms with Crippen LogP contribution in [0.3, 0.4) is 0 Å². The summed E-state index contributed by atoms with van der Waals surface area (Å²) in [5.41, 5.74) is 0. The Hall–Kier alpha value is 0.260. The average Bonchev–Trinajstić information content (AvgIpc) is 2.61. The molecule has 2 saturated heterocycles. The van der Waals surface area contributed by atoms with E-state index >= 15 is 0 Å². The monoisotopic (exact) mass is 489 g/mol. The molecule has 0 unspecified atom stereocenters. The lowest BCUT2D eigenvalue weighted by Gasteiger charge is -2.39. The van der Waals surface area contributed by atoms with Gasteiger partial charge in [0.25, 0.3) is 0 Å². The fourth-order valence-electron chi connectivity index (χ4n) is 3.24. The van der Waals surface area contributed by atoms with E-state index in [1.54, 1.807) is 6.08 Å². The minimum Gasteiger partial charge on any atom is -0.383 e. The molecule has 0 aromatic rings. The first kappa shape index (κ1) is 25.3. The minimum absolute atomic E-state index is 0.0625. The normalized spacial score (nSPS) is 23.0. The molecule has 3 atom stereocenters. The SMILES string of the molecule is C1CCN2CCNC[C@H]2C1.C=CC[C@H](C)[C@@H](COC)S(N)(=O)=O.CI. The number of piperidine rings is 1. The van der Waals surface area contributed by atoms with Crippen LogP contribution in [0.15, 0.2) is 12.7 Å². The summed E-state index contributed by atoms with van der Waals surface area (Å²) < 4.78 is 27.0. The second-order valence-electron chi connectivity index (χ2n) is 6.47. The molecule has 0 saturated carbocycles. The zero-order valence-corrected chi connectivity index (χ0v) is 18.9. The number of nitrogens with two attached hydrogens (primary N) is 1. The molecule has 2 rings (SSSR count). The Labute approximate surface area is 168 Å². The first-order chi connectivity index (χ1) is 11.9. The number of nitrogens with one attached hydrogen (secondary N) is 1. The Bertz CT molecular complexity index is 422. The molecule has 6 nitrogen and oxygen atoms in total. The van der Waals surface area contributed by atoms with Crippen molar-refractivity contribution in [2.75, 3.05) is 44.8 Å². The molecule has 2 fully saturated rings. The van der Waals surface area contributed by atoms with Crippen LogP contribution >= 0.6 is 22.6 Å². The number of methoxy groups -OCH3 is 1. The number of fused-ring (bicyclic) bond motifs is 1. The molecule has 2 heterocycles. The Balaban J connectivity index is 0.000000426. The van der Waals surface area contributed by atoms with E-state index in [0.717, 1.165) is 6.04 Å². The maximum atomic E-state index is 11.1. The van der Waals surface area contributed by atoms with E-state index in [1.165, 1.54) is 52.6 Å². The molecule has 2 aliphatic heterocycles. The molecule has 0 aromatic carbocycles. The molecule has 0 bridgehead atoms. The van der Waals surface area contributed by atoms with Crippen LogP contribution in [0.2, 0.25) is 0 Å². The van der Waals surface area contributed by atoms with Gasteiger partial charge in [-0.05, 0) is 36.7 Å². The predicted octanol–water partition coefficient (Wildman–Crippen LogP) is 2.00. The molecule has 0 spiro atoms. The van der Waals surface area contributed by atoms with E-state index in [-0.39, 0.29) is 12.5 Å². The van der Waals surface area contributed by atoms with E-state index in [2.05, 4.69) is 39.4 Å². The number of rotatable bonds is 6. The third kappa shape index (κ3) is 10.2. The lowest BCUT2D eigenvalue weighted by Crippen LogP contribution is -2.53. The van der Waals surface area contributed by atoms with Gasteiger partial charge in [0.15, 0.2) is 0 Å². The van der Waals surface area contributed by atoms with E-state index < -0.39 is 15.3 Å². The maximum Gasteiger partial charge on any atom is 0.214 e. The molecule has 8 heteroatoms. The third-order valence-corrected chi connectivity index (χ3v) is 6.08. The quantitative estimate of drug-likeness (QED) is 0.339. The third-order valence-electron chi connectivity index (χ3n) is 4.63. The maximum absolute atomic E-state index is 11.1. The number of hydrogen-bond acceptors (Lipinski definition) is 5. The number of primary sulfonamides is 1. The number of piperazine rings is 1. The van der Waals surface area contributed by atoms with Gasteiger partial charge in [-0.3, -0.25) is 4.90 Å². The zero-order valence-electron chi connectivity index (χ0n) is 15.9. The van der Waals surface area contributed by atoms with Crippen LogP contribution in [0, 0.1) is 5.92 Å². The fourth-order valence-corrected chi connectivity index (χ4v) is 4.32. The number of ether oxygens (including phenoxy) is 1. The summed E-state index contributed by atoms with van der Waals surface area (Å²) in [6.45, 7) is 10.6. The molecule has 0 radical (unpaired) electrons. The van der Waals surface area contributed by atoms with E-state index in [0.29, 0.717) is 6.42 Å². The molecule has 3 N–H and O–H groups in total. The van der Waals surface area contributed by atoms with Gasteiger partial charge in [-0.15, -0.1) is 6.58 Å². The second kappa shape index (κ2) is 14.3. The van der Waals surface area contributed by atoms with Gasteiger partial charge in [0.2, 0.25) is 10.0 Å². The van der Waals surface area contributed by atoms with Crippen LogP contribution in [-0.4, -0.2) is 69.4 Å². The molecular weight excluding hydrogens is 453 g/mol. The summed E-state index contributed by atoms with van der Waals surface area (Å²) in [4.78, 5) is 4.61. The second-order valence-corrected chi connectivity index (χ2v) is 8.26. The molecule has 2 aliphatic rings. The minimum atomic E-state index is -3.52. The highest BCUT2D eigenvalue weighted by atomic mass is 127. The Morgan fingerprint density at radius 1 is 1.40 bits per heavy atom. The molecule has 0 amide bonds. The van der Waals surface area contributed by atoms with Crippen LogP contribution in [0.1, 0.15) is 32.6 Å². The summed E-state index contributed by atoms with van der Waals surface area (Å²) in [5.74, 6) is -0.0625. The van der Waals surface area contributed by atoms with Crippen LogP contribution in [-0.2, 0) is 14.8 Å². The topological polar surface area (TPSA) is 84.7 Å². The Morgan fingerprint density at radius 3 is 2.60 bits per heavy atom. The number of hydrogen-bond donors (Lipinski definition) is 2. The van der Waals surface area contributed by atoms with E-state index in [4.69, 9.17) is 9.88 Å². The average molecular weight is 489 g/mol. The van der Waals surface area contributed by atoms with Gasteiger partial charge in [0, 0.05) is 32.8 Å². The van der Waals surface area contributed by atoms with E-state index in [1.807, 2.05) is 11.9 Å². The van der Waals surface area contributed by atoms with Gasteiger partial charge >= 0.3 is 0 Å². The number of nitrogens with zero attached hydrogens (tertiary/aromatic N) is 1. The number of halogens is 1. The summed E-state index contributed by atoms with van der Waals surface area (Å²) >= 11 is 2.15. The van der Waals surface area contributed by atoms with E-state index in [9.17, 15) is 8.42 Å².